The monoisotopic (exact) mass is 663 g/mol. The number of aliphatic carboxylic acids is 1. The van der Waals surface area contributed by atoms with E-state index in [0.29, 0.717) is 24.3 Å². The Morgan fingerprint density at radius 3 is 1.89 bits per heavy atom. The fraction of sp³-hybridized carbons (Fsp3) is 0.474. The van der Waals surface area contributed by atoms with Gasteiger partial charge in [0.15, 0.2) is 8.32 Å². The van der Waals surface area contributed by atoms with Crippen LogP contribution in [-0.4, -0.2) is 50.3 Å². The first-order valence-electron chi connectivity index (χ1n) is 16.1. The molecule has 0 fully saturated rings. The number of carboxylic acid groups (broad SMARTS) is 1. The summed E-state index contributed by atoms with van der Waals surface area (Å²) in [5, 5.41) is 13.6. The van der Waals surface area contributed by atoms with Gasteiger partial charge in [-0.1, -0.05) is 75.4 Å². The Hall–Kier alpha value is -3.82. The molecule has 8 nitrogen and oxygen atoms in total. The van der Waals surface area contributed by atoms with E-state index in [4.69, 9.17) is 18.6 Å². The maximum absolute atomic E-state index is 13.3. The van der Waals surface area contributed by atoms with E-state index in [2.05, 4.69) is 39.2 Å². The Kier molecular flexibility index (Phi) is 12.3. The number of hydrogen-bond acceptors (Lipinski definition) is 6. The highest BCUT2D eigenvalue weighted by Crippen LogP contribution is 2.41. The largest absolute Gasteiger partial charge is 0.497 e. The quantitative estimate of drug-likeness (QED) is 0.167. The van der Waals surface area contributed by atoms with Crippen LogP contribution in [0.5, 0.6) is 11.5 Å². The molecule has 0 heterocycles. The molecule has 9 heteroatoms. The van der Waals surface area contributed by atoms with Gasteiger partial charge in [0.2, 0.25) is 0 Å². The molecule has 3 atom stereocenters. The molecule has 0 aliphatic heterocycles. The third-order valence-electron chi connectivity index (χ3n) is 8.84. The van der Waals surface area contributed by atoms with Crippen molar-refractivity contribution in [1.29, 1.82) is 0 Å². The van der Waals surface area contributed by atoms with Crippen LogP contribution < -0.4 is 14.8 Å². The summed E-state index contributed by atoms with van der Waals surface area (Å²) < 4.78 is 24.1. The number of carbonyl (C=O) groups excluding carboxylic acids is 1. The van der Waals surface area contributed by atoms with Crippen LogP contribution in [0, 0.1) is 0 Å². The predicted octanol–water partition coefficient (Wildman–Crippen LogP) is 8.53. The number of alkyl carbamates (subject to hydrolysis) is 1. The number of methoxy groups -OCH3 is 1. The number of hydrogen-bond donors (Lipinski definition) is 2. The maximum atomic E-state index is 13.3. The molecular formula is C38H53NO7Si. The van der Waals surface area contributed by atoms with Crippen molar-refractivity contribution in [1.82, 2.24) is 5.32 Å². The summed E-state index contributed by atoms with van der Waals surface area (Å²) in [6.45, 7) is 18.3. The second kappa shape index (κ2) is 15.4. The molecule has 3 rings (SSSR count). The number of nitrogens with one attached hydrogen (secondary N) is 1. The molecule has 0 unspecified atom stereocenters. The second-order valence-electron chi connectivity index (χ2n) is 14.9. The van der Waals surface area contributed by atoms with Crippen molar-refractivity contribution >= 4 is 20.4 Å². The zero-order chi connectivity index (χ0) is 35.0. The van der Waals surface area contributed by atoms with E-state index >= 15 is 0 Å². The first-order valence-corrected chi connectivity index (χ1v) is 19.0. The average molecular weight is 664 g/mol. The van der Waals surface area contributed by atoms with Crippen molar-refractivity contribution in [3.05, 3.63) is 95.6 Å². The molecule has 1 amide bonds. The van der Waals surface area contributed by atoms with E-state index in [0.717, 1.165) is 16.9 Å². The average Bonchev–Trinajstić information content (AvgIpc) is 2.99. The van der Waals surface area contributed by atoms with E-state index in [1.165, 1.54) is 0 Å². The lowest BCUT2D eigenvalue weighted by Gasteiger charge is -2.43. The van der Waals surface area contributed by atoms with E-state index < -0.39 is 43.5 Å². The molecule has 0 saturated carbocycles. The lowest BCUT2D eigenvalue weighted by atomic mass is 9.76. The van der Waals surface area contributed by atoms with Gasteiger partial charge in [-0.15, -0.1) is 0 Å². The number of amides is 1. The van der Waals surface area contributed by atoms with Crippen molar-refractivity contribution in [2.75, 3.05) is 7.11 Å². The lowest BCUT2D eigenvalue weighted by molar-refractivity contribution is -0.144. The van der Waals surface area contributed by atoms with Crippen LogP contribution in [0.3, 0.4) is 0 Å². The van der Waals surface area contributed by atoms with Crippen molar-refractivity contribution in [3.63, 3.8) is 0 Å². The van der Waals surface area contributed by atoms with Crippen LogP contribution in [0.1, 0.15) is 71.6 Å². The van der Waals surface area contributed by atoms with E-state index in [9.17, 15) is 14.7 Å². The number of benzene rings is 3. The minimum Gasteiger partial charge on any atom is -0.497 e. The summed E-state index contributed by atoms with van der Waals surface area (Å²) in [5.41, 5.74) is 0.569. The van der Waals surface area contributed by atoms with Gasteiger partial charge in [-0.2, -0.15) is 0 Å². The van der Waals surface area contributed by atoms with Gasteiger partial charge in [-0.3, -0.25) is 4.79 Å². The van der Waals surface area contributed by atoms with Crippen LogP contribution in [-0.2, 0) is 32.4 Å². The van der Waals surface area contributed by atoms with E-state index in [1.54, 1.807) is 38.3 Å². The number of carboxylic acids is 1. The van der Waals surface area contributed by atoms with Crippen LogP contribution in [0.4, 0.5) is 4.79 Å². The molecule has 0 saturated heterocycles. The van der Waals surface area contributed by atoms with Gasteiger partial charge < -0.3 is 29.1 Å². The standard InChI is InChI=1S/C38H53NO7Si/c1-36(2,3)45-35(42)39-32(24-27-16-20-31(21-17-27)44-26-28-14-12-11-13-15-28)33(46-47(9,10)37(4,5)6)25-38(7,34(40)41)29-18-22-30(43-8)23-19-29/h11-23,32-33H,24-26H2,1-10H3,(H,39,42)(H,40,41)/t32-,33-,38+/m0/s1. The number of carbonyl (C=O) groups is 2. The summed E-state index contributed by atoms with van der Waals surface area (Å²) in [7, 11) is -0.900. The smallest absolute Gasteiger partial charge is 0.407 e. The fourth-order valence-electron chi connectivity index (χ4n) is 4.96. The molecule has 0 aromatic heterocycles. The molecule has 0 aliphatic carbocycles. The Morgan fingerprint density at radius 2 is 1.38 bits per heavy atom. The summed E-state index contributed by atoms with van der Waals surface area (Å²) in [4.78, 5) is 26.4. The minimum absolute atomic E-state index is 0.111. The summed E-state index contributed by atoms with van der Waals surface area (Å²) in [6, 6.07) is 24.2. The fourth-order valence-corrected chi connectivity index (χ4v) is 6.32. The van der Waals surface area contributed by atoms with Gasteiger partial charge in [-0.25, -0.2) is 4.79 Å². The minimum atomic E-state index is -2.47. The van der Waals surface area contributed by atoms with Crippen molar-refractivity contribution in [3.8, 4) is 11.5 Å². The third kappa shape index (κ3) is 10.9. The highest BCUT2D eigenvalue weighted by molar-refractivity contribution is 6.74. The van der Waals surface area contributed by atoms with Crippen molar-refractivity contribution in [2.45, 2.75) is 109 Å². The Morgan fingerprint density at radius 1 is 0.809 bits per heavy atom. The normalized spacial score (nSPS) is 14.8. The maximum Gasteiger partial charge on any atom is 0.407 e. The first kappa shape index (κ1) is 37.6. The molecule has 0 aliphatic rings. The highest BCUT2D eigenvalue weighted by atomic mass is 28.4. The summed E-state index contributed by atoms with van der Waals surface area (Å²) in [6.07, 6.45) is -0.758. The summed E-state index contributed by atoms with van der Waals surface area (Å²) in [5.74, 6) is 0.375. The van der Waals surface area contributed by atoms with E-state index in [1.807, 2.05) is 75.4 Å². The number of ether oxygens (including phenoxy) is 3. The van der Waals surface area contributed by atoms with Gasteiger partial charge in [0.25, 0.3) is 0 Å². The number of rotatable bonds is 14. The Labute approximate surface area is 281 Å². The molecule has 3 aromatic carbocycles. The molecule has 256 valence electrons. The Bertz CT molecular complexity index is 1440. The molecular weight excluding hydrogens is 611 g/mol. The van der Waals surface area contributed by atoms with Crippen LogP contribution in [0.15, 0.2) is 78.9 Å². The SMILES string of the molecule is COc1ccc([C@@](C)(C[C@H](O[Si](C)(C)C(C)(C)C)[C@H](Cc2ccc(OCc3ccccc3)cc2)NC(=O)OC(C)(C)C)C(=O)O)cc1. The highest BCUT2D eigenvalue weighted by Gasteiger charge is 2.46. The Balaban J connectivity index is 2.02. The molecule has 3 aromatic rings. The lowest BCUT2D eigenvalue weighted by Crippen LogP contribution is -2.55. The zero-order valence-electron chi connectivity index (χ0n) is 29.7. The predicted molar refractivity (Wildman–Crippen MR) is 189 cm³/mol. The first-order chi connectivity index (χ1) is 21.8. The third-order valence-corrected chi connectivity index (χ3v) is 13.3. The molecule has 0 spiro atoms. The molecule has 0 radical (unpaired) electrons. The van der Waals surface area contributed by atoms with Crippen LogP contribution in [0.25, 0.3) is 0 Å². The summed E-state index contributed by atoms with van der Waals surface area (Å²) >= 11 is 0. The van der Waals surface area contributed by atoms with Crippen LogP contribution >= 0.6 is 0 Å². The van der Waals surface area contributed by atoms with Gasteiger partial charge >= 0.3 is 12.1 Å². The van der Waals surface area contributed by atoms with Crippen molar-refractivity contribution in [2.24, 2.45) is 0 Å². The van der Waals surface area contributed by atoms with Gasteiger partial charge in [-0.05, 0) is 99.6 Å². The molecule has 0 bridgehead atoms. The van der Waals surface area contributed by atoms with Gasteiger partial charge in [0, 0.05) is 0 Å². The van der Waals surface area contributed by atoms with Crippen molar-refractivity contribution < 1.29 is 33.3 Å². The van der Waals surface area contributed by atoms with E-state index in [-0.39, 0.29) is 11.5 Å². The molecule has 47 heavy (non-hydrogen) atoms. The van der Waals surface area contributed by atoms with Crippen LogP contribution in [0.2, 0.25) is 18.1 Å². The molecule has 2 N–H and O–H groups in total. The van der Waals surface area contributed by atoms with Gasteiger partial charge in [0.05, 0.1) is 24.7 Å². The second-order valence-corrected chi connectivity index (χ2v) is 19.6. The zero-order valence-corrected chi connectivity index (χ0v) is 30.7. The topological polar surface area (TPSA) is 103 Å². The van der Waals surface area contributed by atoms with Gasteiger partial charge in [0.1, 0.15) is 23.7 Å².